The van der Waals surface area contributed by atoms with Crippen molar-refractivity contribution in [1.82, 2.24) is 5.32 Å². The van der Waals surface area contributed by atoms with Gasteiger partial charge in [0.1, 0.15) is 0 Å². The van der Waals surface area contributed by atoms with E-state index in [-0.39, 0.29) is 0 Å². The number of unbranched alkanes of at least 4 members (excludes halogenated alkanes) is 1. The summed E-state index contributed by atoms with van der Waals surface area (Å²) < 4.78 is 1.35. The molecule has 0 aliphatic rings. The van der Waals surface area contributed by atoms with E-state index in [1.54, 1.807) is 0 Å². The van der Waals surface area contributed by atoms with Crippen LogP contribution >= 0.6 is 22.6 Å². The molecule has 0 saturated carbocycles. The van der Waals surface area contributed by atoms with E-state index in [0.29, 0.717) is 6.04 Å². The minimum Gasteiger partial charge on any atom is -0.310 e. The molecule has 0 fully saturated rings. The van der Waals surface area contributed by atoms with E-state index in [0.717, 1.165) is 13.0 Å². The second kappa shape index (κ2) is 7.85. The first-order chi connectivity index (χ1) is 7.79. The number of nitrogens with one attached hydrogen (secondary N) is 1. The van der Waals surface area contributed by atoms with Crippen molar-refractivity contribution in [3.63, 3.8) is 0 Å². The zero-order chi connectivity index (χ0) is 11.8. The van der Waals surface area contributed by atoms with Crippen LogP contribution in [0.2, 0.25) is 0 Å². The molecule has 0 spiro atoms. The molecule has 1 rings (SSSR count). The summed E-state index contributed by atoms with van der Waals surface area (Å²) in [5.74, 6) is 0. The van der Waals surface area contributed by atoms with Gasteiger partial charge in [0.25, 0.3) is 0 Å². The summed E-state index contributed by atoms with van der Waals surface area (Å²) in [7, 11) is 0. The minimum absolute atomic E-state index is 0.484. The summed E-state index contributed by atoms with van der Waals surface area (Å²) in [6.07, 6.45) is 5.48. The highest BCUT2D eigenvalue weighted by Gasteiger charge is 2.11. The lowest BCUT2D eigenvalue weighted by Gasteiger charge is -2.19. The number of hydrogen-bond donors (Lipinski definition) is 1. The molecule has 1 unspecified atom stereocenters. The number of halogens is 1. The standard InChI is InChI=1S/C14H20IN/c1-3-5-6-11-14(16-4-2)12-9-7-8-10-13(12)15/h3,7-10,14,16H,1,4-6,11H2,2H3. The number of rotatable bonds is 7. The van der Waals surface area contributed by atoms with Crippen LogP contribution in [-0.2, 0) is 0 Å². The van der Waals surface area contributed by atoms with Crippen LogP contribution in [0, 0.1) is 3.57 Å². The largest absolute Gasteiger partial charge is 0.310 e. The van der Waals surface area contributed by atoms with Gasteiger partial charge in [-0.05, 0) is 60.0 Å². The zero-order valence-electron chi connectivity index (χ0n) is 9.88. The maximum absolute atomic E-state index is 3.77. The van der Waals surface area contributed by atoms with E-state index in [9.17, 15) is 0 Å². The van der Waals surface area contributed by atoms with Gasteiger partial charge < -0.3 is 5.32 Å². The van der Waals surface area contributed by atoms with E-state index in [1.807, 2.05) is 6.08 Å². The maximum atomic E-state index is 3.77. The average Bonchev–Trinajstić information content (AvgIpc) is 2.29. The van der Waals surface area contributed by atoms with Crippen molar-refractivity contribution in [2.45, 2.75) is 32.2 Å². The third-order valence-electron chi connectivity index (χ3n) is 2.63. The third kappa shape index (κ3) is 4.26. The van der Waals surface area contributed by atoms with Gasteiger partial charge in [0.05, 0.1) is 0 Å². The lowest BCUT2D eigenvalue weighted by molar-refractivity contribution is 0.498. The number of hydrogen-bond acceptors (Lipinski definition) is 1. The normalized spacial score (nSPS) is 12.4. The molecule has 1 atom stereocenters. The molecular formula is C14H20IN. The summed E-state index contributed by atoms with van der Waals surface area (Å²) in [6, 6.07) is 9.10. The van der Waals surface area contributed by atoms with E-state index >= 15 is 0 Å². The summed E-state index contributed by atoms with van der Waals surface area (Å²) in [4.78, 5) is 0. The minimum atomic E-state index is 0.484. The Kier molecular flexibility index (Phi) is 6.73. The average molecular weight is 329 g/mol. The summed E-state index contributed by atoms with van der Waals surface area (Å²) in [5, 5.41) is 3.56. The lowest BCUT2D eigenvalue weighted by atomic mass is 10.0. The molecule has 0 amide bonds. The van der Waals surface area contributed by atoms with Gasteiger partial charge >= 0.3 is 0 Å². The fourth-order valence-electron chi connectivity index (χ4n) is 1.84. The van der Waals surface area contributed by atoms with Crippen LogP contribution in [0.3, 0.4) is 0 Å². The topological polar surface area (TPSA) is 12.0 Å². The maximum Gasteiger partial charge on any atom is 0.0330 e. The van der Waals surface area contributed by atoms with Crippen molar-refractivity contribution in [3.8, 4) is 0 Å². The molecule has 0 radical (unpaired) electrons. The molecule has 16 heavy (non-hydrogen) atoms. The molecule has 0 saturated heterocycles. The first kappa shape index (κ1) is 13.7. The Bertz CT molecular complexity index is 322. The van der Waals surface area contributed by atoms with Crippen LogP contribution in [0.15, 0.2) is 36.9 Å². The van der Waals surface area contributed by atoms with Crippen molar-refractivity contribution in [1.29, 1.82) is 0 Å². The van der Waals surface area contributed by atoms with Gasteiger partial charge in [-0.15, -0.1) is 6.58 Å². The Labute approximate surface area is 112 Å². The van der Waals surface area contributed by atoms with Gasteiger partial charge in [-0.3, -0.25) is 0 Å². The fraction of sp³-hybridized carbons (Fsp3) is 0.429. The van der Waals surface area contributed by atoms with Crippen molar-refractivity contribution < 1.29 is 0 Å². The van der Waals surface area contributed by atoms with E-state index in [1.165, 1.54) is 22.0 Å². The van der Waals surface area contributed by atoms with E-state index in [4.69, 9.17) is 0 Å². The molecule has 0 bridgehead atoms. The molecule has 0 aromatic heterocycles. The highest BCUT2D eigenvalue weighted by molar-refractivity contribution is 14.1. The van der Waals surface area contributed by atoms with Crippen LogP contribution < -0.4 is 5.32 Å². The Morgan fingerprint density at radius 1 is 1.44 bits per heavy atom. The van der Waals surface area contributed by atoms with Gasteiger partial charge in [0, 0.05) is 9.61 Å². The van der Waals surface area contributed by atoms with Gasteiger partial charge in [0.2, 0.25) is 0 Å². The molecule has 0 aliphatic heterocycles. The quantitative estimate of drug-likeness (QED) is 0.447. The molecule has 1 aromatic rings. The first-order valence-corrected chi connectivity index (χ1v) is 6.96. The van der Waals surface area contributed by atoms with Crippen LogP contribution in [-0.4, -0.2) is 6.54 Å². The Hall–Kier alpha value is -0.350. The monoisotopic (exact) mass is 329 g/mol. The molecule has 0 aliphatic carbocycles. The third-order valence-corrected chi connectivity index (χ3v) is 3.61. The Morgan fingerprint density at radius 3 is 2.81 bits per heavy atom. The Balaban J connectivity index is 2.68. The molecule has 2 heteroatoms. The SMILES string of the molecule is C=CCCCC(NCC)c1ccccc1I. The predicted octanol–water partition coefficient (Wildman–Crippen LogP) is 4.30. The van der Waals surface area contributed by atoms with E-state index < -0.39 is 0 Å². The van der Waals surface area contributed by atoms with Crippen LogP contribution in [0.5, 0.6) is 0 Å². The second-order valence-electron chi connectivity index (χ2n) is 3.85. The molecular weight excluding hydrogens is 309 g/mol. The van der Waals surface area contributed by atoms with Gasteiger partial charge in [-0.1, -0.05) is 31.2 Å². The van der Waals surface area contributed by atoms with Gasteiger partial charge in [-0.25, -0.2) is 0 Å². The van der Waals surface area contributed by atoms with Crippen molar-refractivity contribution >= 4 is 22.6 Å². The van der Waals surface area contributed by atoms with Crippen LogP contribution in [0.25, 0.3) is 0 Å². The van der Waals surface area contributed by atoms with Crippen molar-refractivity contribution in [2.24, 2.45) is 0 Å². The van der Waals surface area contributed by atoms with Gasteiger partial charge in [0.15, 0.2) is 0 Å². The van der Waals surface area contributed by atoms with E-state index in [2.05, 4.69) is 65.7 Å². The molecule has 1 aromatic carbocycles. The highest BCUT2D eigenvalue weighted by atomic mass is 127. The molecule has 1 N–H and O–H groups in total. The zero-order valence-corrected chi connectivity index (χ0v) is 12.0. The summed E-state index contributed by atoms with van der Waals surface area (Å²) >= 11 is 2.42. The summed E-state index contributed by atoms with van der Waals surface area (Å²) in [5.41, 5.74) is 1.43. The van der Waals surface area contributed by atoms with Crippen LogP contribution in [0.4, 0.5) is 0 Å². The Morgan fingerprint density at radius 2 is 2.19 bits per heavy atom. The van der Waals surface area contributed by atoms with Crippen molar-refractivity contribution in [3.05, 3.63) is 46.1 Å². The predicted molar refractivity (Wildman–Crippen MR) is 79.6 cm³/mol. The lowest BCUT2D eigenvalue weighted by Crippen LogP contribution is -2.21. The van der Waals surface area contributed by atoms with Crippen molar-refractivity contribution in [2.75, 3.05) is 6.54 Å². The molecule has 88 valence electrons. The first-order valence-electron chi connectivity index (χ1n) is 5.88. The van der Waals surface area contributed by atoms with Gasteiger partial charge in [-0.2, -0.15) is 0 Å². The number of allylic oxidation sites excluding steroid dienone is 1. The highest BCUT2D eigenvalue weighted by Crippen LogP contribution is 2.24. The summed E-state index contributed by atoms with van der Waals surface area (Å²) in [6.45, 7) is 6.95. The smallest absolute Gasteiger partial charge is 0.0330 e. The molecule has 1 nitrogen and oxygen atoms in total. The molecule has 0 heterocycles. The van der Waals surface area contributed by atoms with Crippen LogP contribution in [0.1, 0.15) is 37.8 Å². The number of benzene rings is 1. The second-order valence-corrected chi connectivity index (χ2v) is 5.01. The fourth-order valence-corrected chi connectivity index (χ4v) is 2.60.